The second kappa shape index (κ2) is 32.8. The summed E-state index contributed by atoms with van der Waals surface area (Å²) in [5, 5.41) is 30.2. The van der Waals surface area contributed by atoms with Gasteiger partial charge in [-0.25, -0.2) is 0 Å². The number of carboxylic acid groups (broad SMARTS) is 1. The van der Waals surface area contributed by atoms with Crippen LogP contribution >= 0.6 is 0 Å². The van der Waals surface area contributed by atoms with Crippen LogP contribution in [0, 0.1) is 17.3 Å². The van der Waals surface area contributed by atoms with Gasteiger partial charge >= 0.3 is 5.97 Å². The molecule has 2 atom stereocenters. The van der Waals surface area contributed by atoms with Crippen LogP contribution in [0.15, 0.2) is 0 Å². The third-order valence-corrected chi connectivity index (χ3v) is 9.54. The van der Waals surface area contributed by atoms with Crippen LogP contribution in [0.3, 0.4) is 0 Å². The summed E-state index contributed by atoms with van der Waals surface area (Å²) in [6.45, 7) is 12.5. The van der Waals surface area contributed by atoms with E-state index in [1.54, 1.807) is 13.8 Å². The van der Waals surface area contributed by atoms with Crippen molar-refractivity contribution in [1.29, 1.82) is 0 Å². The molecule has 4 heteroatoms. The van der Waals surface area contributed by atoms with E-state index in [2.05, 4.69) is 27.7 Å². The zero-order chi connectivity index (χ0) is 32.6. The molecule has 0 fully saturated rings. The molecule has 260 valence electrons. The fourth-order valence-electron chi connectivity index (χ4n) is 6.26. The lowest BCUT2D eigenvalue weighted by Crippen LogP contribution is -2.42. The van der Waals surface area contributed by atoms with Crippen molar-refractivity contribution >= 4 is 5.97 Å². The molecule has 0 aliphatic heterocycles. The summed E-state index contributed by atoms with van der Waals surface area (Å²) < 4.78 is 0. The quantitative estimate of drug-likeness (QED) is 0.0680. The van der Waals surface area contributed by atoms with Crippen molar-refractivity contribution in [2.24, 2.45) is 17.3 Å². The van der Waals surface area contributed by atoms with Gasteiger partial charge in [-0.15, -0.1) is 0 Å². The number of carbonyl (C=O) groups is 1. The van der Waals surface area contributed by atoms with Crippen LogP contribution < -0.4 is 0 Å². The second-order valence-corrected chi connectivity index (χ2v) is 14.1. The van der Waals surface area contributed by atoms with E-state index >= 15 is 0 Å². The molecule has 0 saturated carbocycles. The molecular formula is C39H80O4. The summed E-state index contributed by atoms with van der Waals surface area (Å²) in [4.78, 5) is 9.70. The van der Waals surface area contributed by atoms with E-state index in [1.807, 2.05) is 0 Å². The monoisotopic (exact) mass is 613 g/mol. The smallest absolute Gasteiger partial charge is 0.305 e. The minimum Gasteiger partial charge on any atom is -0.481 e. The molecule has 0 aliphatic rings. The van der Waals surface area contributed by atoms with Gasteiger partial charge in [-0.3, -0.25) is 4.79 Å². The number of hydrogen-bond donors (Lipinski definition) is 3. The molecule has 0 aromatic carbocycles. The van der Waals surface area contributed by atoms with E-state index in [1.165, 1.54) is 141 Å². The molecule has 2 unspecified atom stereocenters. The first-order valence-corrected chi connectivity index (χ1v) is 19.2. The molecule has 0 aromatic heterocycles. The largest absolute Gasteiger partial charge is 0.481 e. The van der Waals surface area contributed by atoms with E-state index in [4.69, 9.17) is 5.11 Å². The minimum absolute atomic E-state index is 0.156. The van der Waals surface area contributed by atoms with Crippen molar-refractivity contribution in [3.05, 3.63) is 0 Å². The maximum Gasteiger partial charge on any atom is 0.305 e. The van der Waals surface area contributed by atoms with Crippen LogP contribution in [0.25, 0.3) is 0 Å². The Bertz CT molecular complexity index is 541. The number of rotatable bonds is 31. The van der Waals surface area contributed by atoms with Crippen molar-refractivity contribution in [2.45, 2.75) is 221 Å². The zero-order valence-electron chi connectivity index (χ0n) is 30.3. The number of unbranched alkanes of at least 4 members (excludes halogenated alkanes) is 21. The number of aliphatic hydroxyl groups excluding tert-OH is 2. The van der Waals surface area contributed by atoms with Gasteiger partial charge in [0.05, 0.1) is 18.6 Å². The van der Waals surface area contributed by atoms with Gasteiger partial charge in [-0.05, 0) is 25.2 Å². The average molecular weight is 613 g/mol. The lowest BCUT2D eigenvalue weighted by Gasteiger charge is -2.40. The first kappa shape index (κ1) is 44.5. The average Bonchev–Trinajstić information content (AvgIpc) is 3.00. The highest BCUT2D eigenvalue weighted by Gasteiger charge is 2.39. The molecule has 0 saturated heterocycles. The molecule has 0 aliphatic carbocycles. The number of carboxylic acids is 1. The van der Waals surface area contributed by atoms with E-state index in [-0.39, 0.29) is 30.0 Å². The third kappa shape index (κ3) is 27.4. The molecule has 0 heterocycles. The maximum atomic E-state index is 11.6. The second-order valence-electron chi connectivity index (χ2n) is 14.1. The van der Waals surface area contributed by atoms with Crippen LogP contribution in [-0.4, -0.2) is 34.0 Å². The Kier molecular flexibility index (Phi) is 33.9. The highest BCUT2D eigenvalue weighted by molar-refractivity contribution is 5.68. The van der Waals surface area contributed by atoms with E-state index in [0.29, 0.717) is 0 Å². The molecule has 0 rings (SSSR count). The van der Waals surface area contributed by atoms with Gasteiger partial charge < -0.3 is 15.3 Å². The molecule has 4 nitrogen and oxygen atoms in total. The fourth-order valence-corrected chi connectivity index (χ4v) is 6.26. The summed E-state index contributed by atoms with van der Waals surface area (Å²) in [7, 11) is 0. The van der Waals surface area contributed by atoms with Crippen LogP contribution in [0.5, 0.6) is 0 Å². The standard InChI is InChI=1S/C35H72O2.C4H8O2/c1-5-8-11-14-17-20-23-26-29-33(4)34(37)35(32-36,30-27-24-21-18-15-12-9-6-2)31-28-25-22-19-16-13-10-7-3;1-3(2)4(5)6/h33-34,36-37H,5-32H2,1-4H3;3H,1-2H3,(H,5,6). The Morgan fingerprint density at radius 1 is 0.535 bits per heavy atom. The Morgan fingerprint density at radius 3 is 1.09 bits per heavy atom. The van der Waals surface area contributed by atoms with Gasteiger partial charge in [-0.1, -0.05) is 196 Å². The predicted molar refractivity (Wildman–Crippen MR) is 189 cm³/mol. The summed E-state index contributed by atoms with van der Waals surface area (Å²) in [6, 6.07) is 0. The van der Waals surface area contributed by atoms with Crippen molar-refractivity contribution in [1.82, 2.24) is 0 Å². The van der Waals surface area contributed by atoms with Crippen LogP contribution in [0.4, 0.5) is 0 Å². The maximum absolute atomic E-state index is 11.6. The van der Waals surface area contributed by atoms with Gasteiger partial charge in [0.25, 0.3) is 0 Å². The predicted octanol–water partition coefficient (Wildman–Crippen LogP) is 12.3. The highest BCUT2D eigenvalue weighted by atomic mass is 16.4. The Balaban J connectivity index is 0. The summed E-state index contributed by atoms with van der Waals surface area (Å²) in [6.07, 6.45) is 34.5. The van der Waals surface area contributed by atoms with Gasteiger partial charge in [0.1, 0.15) is 0 Å². The van der Waals surface area contributed by atoms with E-state index in [9.17, 15) is 15.0 Å². The molecule has 0 amide bonds. The van der Waals surface area contributed by atoms with E-state index < -0.39 is 5.97 Å². The zero-order valence-corrected chi connectivity index (χ0v) is 30.3. The molecule has 0 bridgehead atoms. The Morgan fingerprint density at radius 2 is 0.814 bits per heavy atom. The Hall–Kier alpha value is -0.610. The van der Waals surface area contributed by atoms with Gasteiger partial charge in [0.15, 0.2) is 0 Å². The number of aliphatic carboxylic acids is 1. The summed E-state index contributed by atoms with van der Waals surface area (Å²) in [5.41, 5.74) is -0.288. The molecule has 3 N–H and O–H groups in total. The normalized spacial score (nSPS) is 13.1. The molecular weight excluding hydrogens is 532 g/mol. The van der Waals surface area contributed by atoms with Gasteiger partial charge in [0.2, 0.25) is 0 Å². The highest BCUT2D eigenvalue weighted by Crippen LogP contribution is 2.39. The summed E-state index contributed by atoms with van der Waals surface area (Å²) in [5.74, 6) is -0.685. The Labute approximate surface area is 270 Å². The lowest BCUT2D eigenvalue weighted by atomic mass is 9.69. The van der Waals surface area contributed by atoms with Crippen molar-refractivity contribution in [3.63, 3.8) is 0 Å². The molecule has 0 spiro atoms. The van der Waals surface area contributed by atoms with Gasteiger partial charge in [-0.2, -0.15) is 0 Å². The SMILES string of the molecule is CC(C)C(=O)O.CCCCCCCCCCC(C)C(O)C(CO)(CCCCCCCCCC)CCCCCCCCCC. The molecule has 0 aromatic rings. The van der Waals surface area contributed by atoms with Crippen molar-refractivity contribution < 1.29 is 20.1 Å². The van der Waals surface area contributed by atoms with Gasteiger partial charge in [0, 0.05) is 5.41 Å². The first-order chi connectivity index (χ1) is 20.7. The summed E-state index contributed by atoms with van der Waals surface area (Å²) >= 11 is 0. The number of hydrogen-bond acceptors (Lipinski definition) is 3. The molecule has 0 radical (unpaired) electrons. The molecule has 43 heavy (non-hydrogen) atoms. The van der Waals surface area contributed by atoms with Crippen molar-refractivity contribution in [3.8, 4) is 0 Å². The number of aliphatic hydroxyl groups is 2. The van der Waals surface area contributed by atoms with E-state index in [0.717, 1.165) is 32.1 Å². The fraction of sp³-hybridized carbons (Fsp3) is 0.974. The lowest BCUT2D eigenvalue weighted by molar-refractivity contribution is -0.140. The van der Waals surface area contributed by atoms with Crippen LogP contribution in [0.2, 0.25) is 0 Å². The third-order valence-electron chi connectivity index (χ3n) is 9.54. The van der Waals surface area contributed by atoms with Crippen LogP contribution in [-0.2, 0) is 4.79 Å². The van der Waals surface area contributed by atoms with Crippen molar-refractivity contribution in [2.75, 3.05) is 6.61 Å². The first-order valence-electron chi connectivity index (χ1n) is 19.2. The van der Waals surface area contributed by atoms with Crippen LogP contribution in [0.1, 0.15) is 215 Å². The minimum atomic E-state index is -0.741. The topological polar surface area (TPSA) is 77.8 Å².